The Kier molecular flexibility index (Phi) is 6.03. The number of likely N-dealkylation sites (tertiary alicyclic amines) is 1. The van der Waals surface area contributed by atoms with Gasteiger partial charge < -0.3 is 25.3 Å². The molecule has 2 amide bonds. The van der Waals surface area contributed by atoms with Gasteiger partial charge in [0.25, 0.3) is 0 Å². The van der Waals surface area contributed by atoms with E-state index in [1.54, 1.807) is 13.4 Å². The SMILES string of the molecule is COc1ccc(CCC(=O)NCC(=O)N2CCC3(CC2)NCCc2[nH]cnc23)cc1. The first-order chi connectivity index (χ1) is 14.6. The summed E-state index contributed by atoms with van der Waals surface area (Å²) in [6.07, 6.45) is 5.38. The van der Waals surface area contributed by atoms with Crippen LogP contribution in [-0.4, -0.2) is 60.0 Å². The summed E-state index contributed by atoms with van der Waals surface area (Å²) in [5.41, 5.74) is 3.24. The number of hydrogen-bond acceptors (Lipinski definition) is 5. The minimum atomic E-state index is -0.133. The van der Waals surface area contributed by atoms with E-state index in [1.165, 1.54) is 5.69 Å². The number of ether oxygens (including phenoxy) is 1. The zero-order chi connectivity index (χ0) is 21.0. The monoisotopic (exact) mass is 411 g/mol. The van der Waals surface area contributed by atoms with Crippen molar-refractivity contribution in [3.05, 3.63) is 47.5 Å². The number of nitrogens with one attached hydrogen (secondary N) is 3. The van der Waals surface area contributed by atoms with Crippen molar-refractivity contribution in [1.82, 2.24) is 25.5 Å². The lowest BCUT2D eigenvalue weighted by molar-refractivity contribution is -0.134. The second kappa shape index (κ2) is 8.87. The third-order valence-corrected chi connectivity index (χ3v) is 6.22. The van der Waals surface area contributed by atoms with Crippen molar-refractivity contribution in [2.24, 2.45) is 0 Å². The predicted molar refractivity (Wildman–Crippen MR) is 112 cm³/mol. The molecule has 0 unspecified atom stereocenters. The summed E-state index contributed by atoms with van der Waals surface area (Å²) in [6.45, 7) is 2.31. The standard InChI is InChI=1S/C22H29N5O3/c1-30-17-5-2-16(3-6-17)4-7-19(28)23-14-20(29)27-12-9-22(10-13-27)21-18(8-11-26-22)24-15-25-21/h2-3,5-6,15,26H,4,7-14H2,1H3,(H,23,28)(H,24,25). The molecule has 1 aromatic carbocycles. The van der Waals surface area contributed by atoms with Crippen molar-refractivity contribution < 1.29 is 14.3 Å². The number of imidazole rings is 1. The molecule has 2 aliphatic rings. The highest BCUT2D eigenvalue weighted by atomic mass is 16.5. The third-order valence-electron chi connectivity index (χ3n) is 6.22. The van der Waals surface area contributed by atoms with Crippen molar-refractivity contribution in [2.75, 3.05) is 33.3 Å². The molecular formula is C22H29N5O3. The molecule has 2 aliphatic heterocycles. The second-order valence-electron chi connectivity index (χ2n) is 7.99. The number of aromatic nitrogens is 2. The molecule has 1 fully saturated rings. The molecule has 1 aromatic heterocycles. The molecule has 160 valence electrons. The Bertz CT molecular complexity index is 884. The molecule has 8 heteroatoms. The molecule has 0 radical (unpaired) electrons. The molecule has 1 spiro atoms. The van der Waals surface area contributed by atoms with Gasteiger partial charge in [-0.1, -0.05) is 12.1 Å². The Morgan fingerprint density at radius 3 is 2.73 bits per heavy atom. The van der Waals surface area contributed by atoms with Gasteiger partial charge in [0.1, 0.15) is 5.75 Å². The maximum Gasteiger partial charge on any atom is 0.241 e. The number of amides is 2. The number of aromatic amines is 1. The number of nitrogens with zero attached hydrogens (tertiary/aromatic N) is 2. The van der Waals surface area contributed by atoms with Crippen molar-refractivity contribution >= 4 is 11.8 Å². The maximum atomic E-state index is 12.6. The van der Waals surface area contributed by atoms with Crippen LogP contribution in [0.15, 0.2) is 30.6 Å². The molecule has 2 aromatic rings. The lowest BCUT2D eigenvalue weighted by Gasteiger charge is -2.44. The van der Waals surface area contributed by atoms with Crippen LogP contribution >= 0.6 is 0 Å². The van der Waals surface area contributed by atoms with E-state index in [9.17, 15) is 9.59 Å². The smallest absolute Gasteiger partial charge is 0.241 e. The Morgan fingerprint density at radius 2 is 2.00 bits per heavy atom. The average molecular weight is 412 g/mol. The topological polar surface area (TPSA) is 99.4 Å². The Morgan fingerprint density at radius 1 is 1.23 bits per heavy atom. The number of carbonyl (C=O) groups excluding carboxylic acids is 2. The Hall–Kier alpha value is -2.87. The van der Waals surface area contributed by atoms with Crippen LogP contribution in [0.1, 0.15) is 36.2 Å². The van der Waals surface area contributed by atoms with Crippen LogP contribution in [0.2, 0.25) is 0 Å². The van der Waals surface area contributed by atoms with Gasteiger partial charge in [-0.3, -0.25) is 9.59 Å². The van der Waals surface area contributed by atoms with E-state index < -0.39 is 0 Å². The molecule has 0 aliphatic carbocycles. The molecule has 30 heavy (non-hydrogen) atoms. The van der Waals surface area contributed by atoms with Crippen LogP contribution < -0.4 is 15.4 Å². The molecule has 3 N–H and O–H groups in total. The van der Waals surface area contributed by atoms with Gasteiger partial charge >= 0.3 is 0 Å². The summed E-state index contributed by atoms with van der Waals surface area (Å²) in [4.78, 5) is 34.3. The average Bonchev–Trinajstić information content (AvgIpc) is 3.27. The van der Waals surface area contributed by atoms with Gasteiger partial charge in [0.05, 0.1) is 31.2 Å². The summed E-state index contributed by atoms with van der Waals surface area (Å²) in [7, 11) is 1.63. The van der Waals surface area contributed by atoms with Gasteiger partial charge in [-0.25, -0.2) is 4.98 Å². The first-order valence-corrected chi connectivity index (χ1v) is 10.5. The fraction of sp³-hybridized carbons (Fsp3) is 0.500. The van der Waals surface area contributed by atoms with Gasteiger partial charge in [-0.15, -0.1) is 0 Å². The van der Waals surface area contributed by atoms with Crippen LogP contribution in [0.25, 0.3) is 0 Å². The molecule has 1 saturated heterocycles. The molecule has 0 saturated carbocycles. The maximum absolute atomic E-state index is 12.6. The molecule has 0 bridgehead atoms. The van der Waals surface area contributed by atoms with Crippen LogP contribution in [0.5, 0.6) is 5.75 Å². The number of fused-ring (bicyclic) bond motifs is 2. The van der Waals surface area contributed by atoms with E-state index in [0.29, 0.717) is 25.9 Å². The van der Waals surface area contributed by atoms with Crippen molar-refractivity contribution in [3.63, 3.8) is 0 Å². The summed E-state index contributed by atoms with van der Waals surface area (Å²) < 4.78 is 5.14. The van der Waals surface area contributed by atoms with E-state index >= 15 is 0 Å². The zero-order valence-electron chi connectivity index (χ0n) is 17.4. The number of methoxy groups -OCH3 is 1. The van der Waals surface area contributed by atoms with Gasteiger partial charge in [0.15, 0.2) is 0 Å². The van der Waals surface area contributed by atoms with Crippen molar-refractivity contribution in [1.29, 1.82) is 0 Å². The third kappa shape index (κ3) is 4.33. The van der Waals surface area contributed by atoms with Crippen LogP contribution in [0, 0.1) is 0 Å². The molecule has 0 atom stereocenters. The fourth-order valence-corrected chi connectivity index (χ4v) is 4.41. The highest BCUT2D eigenvalue weighted by molar-refractivity contribution is 5.84. The van der Waals surface area contributed by atoms with Crippen LogP contribution in [0.3, 0.4) is 0 Å². The normalized spacial score (nSPS) is 17.4. The van der Waals surface area contributed by atoms with Crippen LogP contribution in [0.4, 0.5) is 0 Å². The van der Waals surface area contributed by atoms with E-state index in [1.807, 2.05) is 29.2 Å². The predicted octanol–water partition coefficient (Wildman–Crippen LogP) is 1.13. The Labute approximate surface area is 176 Å². The lowest BCUT2D eigenvalue weighted by Crippen LogP contribution is -2.56. The number of aryl methyl sites for hydroxylation is 1. The number of piperidine rings is 1. The molecule has 4 rings (SSSR count). The van der Waals surface area contributed by atoms with Gasteiger partial charge in [0, 0.05) is 38.2 Å². The number of benzene rings is 1. The van der Waals surface area contributed by atoms with E-state index in [2.05, 4.69) is 20.6 Å². The molecule has 8 nitrogen and oxygen atoms in total. The first kappa shape index (κ1) is 20.4. The summed E-state index contributed by atoms with van der Waals surface area (Å²) in [5.74, 6) is 0.660. The first-order valence-electron chi connectivity index (χ1n) is 10.5. The molecular weight excluding hydrogens is 382 g/mol. The number of H-pyrrole nitrogens is 1. The van der Waals surface area contributed by atoms with Crippen molar-refractivity contribution in [3.8, 4) is 5.75 Å². The summed E-state index contributed by atoms with van der Waals surface area (Å²) in [5, 5.41) is 6.40. The largest absolute Gasteiger partial charge is 0.497 e. The number of carbonyl (C=O) groups is 2. The van der Waals surface area contributed by atoms with E-state index in [-0.39, 0.29) is 23.9 Å². The Balaban J connectivity index is 1.21. The number of hydrogen-bond donors (Lipinski definition) is 3. The second-order valence-corrected chi connectivity index (χ2v) is 7.99. The van der Waals surface area contributed by atoms with Gasteiger partial charge in [-0.05, 0) is 37.0 Å². The van der Waals surface area contributed by atoms with Crippen molar-refractivity contribution in [2.45, 2.75) is 37.6 Å². The van der Waals surface area contributed by atoms with E-state index in [4.69, 9.17) is 4.74 Å². The number of rotatable bonds is 6. The van der Waals surface area contributed by atoms with Gasteiger partial charge in [0.2, 0.25) is 11.8 Å². The van der Waals surface area contributed by atoms with Crippen LogP contribution in [-0.2, 0) is 28.0 Å². The highest BCUT2D eigenvalue weighted by Crippen LogP contribution is 2.35. The van der Waals surface area contributed by atoms with E-state index in [0.717, 1.165) is 42.8 Å². The van der Waals surface area contributed by atoms with Gasteiger partial charge in [-0.2, -0.15) is 0 Å². The minimum Gasteiger partial charge on any atom is -0.497 e. The molecule has 3 heterocycles. The lowest BCUT2D eigenvalue weighted by atomic mass is 9.80. The fourth-order valence-electron chi connectivity index (χ4n) is 4.41. The zero-order valence-corrected chi connectivity index (χ0v) is 17.4. The quantitative estimate of drug-likeness (QED) is 0.662. The summed E-state index contributed by atoms with van der Waals surface area (Å²) >= 11 is 0. The summed E-state index contributed by atoms with van der Waals surface area (Å²) in [6, 6.07) is 7.66. The highest BCUT2D eigenvalue weighted by Gasteiger charge is 2.41. The minimum absolute atomic E-state index is 0.0271.